The van der Waals surface area contributed by atoms with E-state index in [1.165, 1.54) is 0 Å². The minimum Gasteiger partial charge on any atom is -0.436 e. The summed E-state index contributed by atoms with van der Waals surface area (Å²) >= 11 is 5.94. The molecular weight excluding hydrogens is 489 g/mol. The molecule has 0 fully saturated rings. The number of hydrogen-bond donors (Lipinski definition) is 0. The summed E-state index contributed by atoms with van der Waals surface area (Å²) in [4.78, 5) is 4.74. The Balaban J connectivity index is 1.49. The second-order valence-electron chi connectivity index (χ2n) is 7.99. The van der Waals surface area contributed by atoms with Crippen molar-refractivity contribution in [2.45, 2.75) is 0 Å². The zero-order chi connectivity index (χ0) is 24.4. The van der Waals surface area contributed by atoms with E-state index in [0.717, 1.165) is 16.3 Å². The van der Waals surface area contributed by atoms with Crippen molar-refractivity contribution < 1.29 is 18.0 Å². The van der Waals surface area contributed by atoms with Gasteiger partial charge in [0.1, 0.15) is 22.8 Å². The van der Waals surface area contributed by atoms with Crippen molar-refractivity contribution in [1.29, 1.82) is 0 Å². The smallest absolute Gasteiger partial charge is 0.436 e. The molecule has 0 amide bonds. The lowest BCUT2D eigenvalue weighted by molar-refractivity contribution is 0.384. The summed E-state index contributed by atoms with van der Waals surface area (Å²) in [5.74, 6) is 2.02. The van der Waals surface area contributed by atoms with Crippen LogP contribution in [0.2, 0.25) is 0 Å². The maximum Gasteiger partial charge on any atom is 0.490 e. The van der Waals surface area contributed by atoms with Crippen LogP contribution in [0, 0.1) is 0 Å². The maximum absolute atomic E-state index is 6.48. The number of nitrogens with zero attached hydrogens (tertiary/aromatic N) is 1. The Morgan fingerprint density at radius 2 is 1.22 bits per heavy atom. The third kappa shape index (κ3) is 4.57. The van der Waals surface area contributed by atoms with Gasteiger partial charge in [0.2, 0.25) is 5.89 Å². The monoisotopic (exact) mass is 509 g/mol. The van der Waals surface area contributed by atoms with Crippen molar-refractivity contribution in [2.24, 2.45) is 0 Å². The van der Waals surface area contributed by atoms with Gasteiger partial charge < -0.3 is 18.0 Å². The molecule has 0 bridgehead atoms. The molecule has 5 nitrogen and oxygen atoms in total. The molecule has 6 aromatic rings. The first-order chi connectivity index (χ1) is 17.7. The van der Waals surface area contributed by atoms with Crippen LogP contribution < -0.4 is 13.6 Å². The number of fused-ring (bicyclic) bond motifs is 2. The molecule has 36 heavy (non-hydrogen) atoms. The topological polar surface area (TPSA) is 53.7 Å². The summed E-state index contributed by atoms with van der Waals surface area (Å²) in [5, 5.41) is 1.94. The molecule has 7 heteroatoms. The van der Waals surface area contributed by atoms with Gasteiger partial charge >= 0.3 is 6.72 Å². The standard InChI is InChI=1S/C29H20NO4PS/c36-35(32-22-12-3-1-4-13-22,33-23-14-5-2-6-15-23)34-27-20-19-21-11-7-8-16-24(21)28(27)29-30-25-17-9-10-18-26(25)31-29/h1-20H. The SMILES string of the molecule is S=P(Oc1ccccc1)(Oc1ccccc1)Oc1ccc2ccccc2c1-c1nc2ccccc2o1. The number of benzene rings is 5. The Bertz CT molecular complexity index is 1620. The summed E-state index contributed by atoms with van der Waals surface area (Å²) in [6.45, 7) is -3.38. The van der Waals surface area contributed by atoms with Gasteiger partial charge in [-0.1, -0.05) is 78.9 Å². The molecule has 1 aromatic heterocycles. The molecule has 0 unspecified atom stereocenters. The van der Waals surface area contributed by atoms with E-state index in [2.05, 4.69) is 0 Å². The van der Waals surface area contributed by atoms with Crippen LogP contribution in [0.4, 0.5) is 0 Å². The van der Waals surface area contributed by atoms with E-state index in [-0.39, 0.29) is 0 Å². The summed E-state index contributed by atoms with van der Waals surface area (Å²) in [6, 6.07) is 38.0. The van der Waals surface area contributed by atoms with Gasteiger partial charge in [0.25, 0.3) is 0 Å². The van der Waals surface area contributed by atoms with Gasteiger partial charge in [-0.15, -0.1) is 0 Å². The van der Waals surface area contributed by atoms with Crippen LogP contribution in [0.15, 0.2) is 126 Å². The molecule has 0 N–H and O–H groups in total. The van der Waals surface area contributed by atoms with Gasteiger partial charge in [-0.05, 0) is 53.2 Å². The van der Waals surface area contributed by atoms with Crippen molar-refractivity contribution in [2.75, 3.05) is 0 Å². The van der Waals surface area contributed by atoms with Crippen LogP contribution in [-0.2, 0) is 11.8 Å². The number of rotatable bonds is 7. The molecule has 0 saturated carbocycles. The predicted octanol–water partition coefficient (Wildman–Crippen LogP) is 8.41. The van der Waals surface area contributed by atoms with Crippen LogP contribution in [0.25, 0.3) is 33.3 Å². The first kappa shape index (κ1) is 22.4. The molecule has 6 rings (SSSR count). The zero-order valence-electron chi connectivity index (χ0n) is 19.0. The summed E-state index contributed by atoms with van der Waals surface area (Å²) in [5.41, 5.74) is 2.13. The zero-order valence-corrected chi connectivity index (χ0v) is 20.7. The highest BCUT2D eigenvalue weighted by Gasteiger charge is 2.30. The molecule has 0 aliphatic carbocycles. The summed E-state index contributed by atoms with van der Waals surface area (Å²) < 4.78 is 25.0. The minimum atomic E-state index is -3.38. The Morgan fingerprint density at radius 3 is 1.92 bits per heavy atom. The molecule has 0 atom stereocenters. The highest BCUT2D eigenvalue weighted by molar-refractivity contribution is 8.08. The van der Waals surface area contributed by atoms with Crippen molar-refractivity contribution in [1.82, 2.24) is 4.98 Å². The summed E-state index contributed by atoms with van der Waals surface area (Å²) in [7, 11) is 0. The second-order valence-corrected chi connectivity index (χ2v) is 10.8. The van der Waals surface area contributed by atoms with E-state index in [4.69, 9.17) is 34.8 Å². The van der Waals surface area contributed by atoms with E-state index in [9.17, 15) is 0 Å². The average Bonchev–Trinajstić information content (AvgIpc) is 3.33. The third-order valence-corrected chi connectivity index (χ3v) is 7.49. The molecule has 176 valence electrons. The average molecular weight is 510 g/mol. The molecule has 0 radical (unpaired) electrons. The minimum absolute atomic E-state index is 0.434. The van der Waals surface area contributed by atoms with Gasteiger partial charge in [0.05, 0.1) is 5.56 Å². The highest BCUT2D eigenvalue weighted by Crippen LogP contribution is 2.52. The van der Waals surface area contributed by atoms with Gasteiger partial charge in [0, 0.05) is 11.8 Å². The van der Waals surface area contributed by atoms with Crippen LogP contribution in [-0.4, -0.2) is 4.98 Å². The quantitative estimate of drug-likeness (QED) is 0.201. The molecule has 0 aliphatic rings. The van der Waals surface area contributed by atoms with E-state index in [1.807, 2.05) is 121 Å². The lowest BCUT2D eigenvalue weighted by Crippen LogP contribution is -2.08. The van der Waals surface area contributed by atoms with Gasteiger partial charge in [-0.25, -0.2) is 4.98 Å². The third-order valence-electron chi connectivity index (χ3n) is 5.53. The van der Waals surface area contributed by atoms with E-state index < -0.39 is 6.72 Å². The predicted molar refractivity (Wildman–Crippen MR) is 146 cm³/mol. The molecule has 1 heterocycles. The van der Waals surface area contributed by atoms with Crippen LogP contribution in [0.3, 0.4) is 0 Å². The largest absolute Gasteiger partial charge is 0.490 e. The fourth-order valence-electron chi connectivity index (χ4n) is 3.92. The lowest BCUT2D eigenvalue weighted by atomic mass is 10.0. The summed E-state index contributed by atoms with van der Waals surface area (Å²) in [6.07, 6.45) is 0. The molecule has 0 spiro atoms. The fraction of sp³-hybridized carbons (Fsp3) is 0. The van der Waals surface area contributed by atoms with Crippen LogP contribution in [0.5, 0.6) is 17.2 Å². The van der Waals surface area contributed by atoms with Gasteiger partial charge in [0.15, 0.2) is 5.58 Å². The first-order valence-electron chi connectivity index (χ1n) is 11.3. The normalized spacial score (nSPS) is 11.4. The van der Waals surface area contributed by atoms with E-state index in [1.54, 1.807) is 0 Å². The van der Waals surface area contributed by atoms with E-state index >= 15 is 0 Å². The molecule has 5 aromatic carbocycles. The van der Waals surface area contributed by atoms with Crippen molar-refractivity contribution in [3.63, 3.8) is 0 Å². The first-order valence-corrected chi connectivity index (χ1v) is 13.9. The maximum atomic E-state index is 6.48. The Labute approximate surface area is 213 Å². The molecule has 0 saturated heterocycles. The van der Waals surface area contributed by atoms with Gasteiger partial charge in [-0.3, -0.25) is 0 Å². The van der Waals surface area contributed by atoms with Gasteiger partial charge in [-0.2, -0.15) is 0 Å². The lowest BCUT2D eigenvalue weighted by Gasteiger charge is -2.24. The van der Waals surface area contributed by atoms with Crippen LogP contribution >= 0.6 is 6.72 Å². The number of hydrogen-bond acceptors (Lipinski definition) is 6. The number of aromatic nitrogens is 1. The van der Waals surface area contributed by atoms with Crippen molar-refractivity contribution >= 4 is 40.4 Å². The molecule has 0 aliphatic heterocycles. The number of para-hydroxylation sites is 4. The molecular formula is C29H20NO4PS. The number of oxazole rings is 1. The van der Waals surface area contributed by atoms with Crippen molar-refractivity contribution in [3.8, 4) is 28.7 Å². The Morgan fingerprint density at radius 1 is 0.611 bits per heavy atom. The van der Waals surface area contributed by atoms with Crippen molar-refractivity contribution in [3.05, 3.63) is 121 Å². The Kier molecular flexibility index (Phi) is 5.90. The second kappa shape index (κ2) is 9.50. The van der Waals surface area contributed by atoms with Crippen LogP contribution in [0.1, 0.15) is 0 Å². The fourth-order valence-corrected chi connectivity index (χ4v) is 5.95. The highest BCUT2D eigenvalue weighted by atomic mass is 32.5. The van der Waals surface area contributed by atoms with E-state index in [0.29, 0.717) is 34.3 Å². The Hall–Kier alpha value is -4.12.